The SMILES string of the molecule is CCCCCC/C=C\C=C/CCCCCCCC(=O)OC[C@H](COP(=O)(O)OC[C@@H](O)COP(=O)(O)OC[C@@H](COC(=O)CCCCCCCCCCCC)OC(=O)CCCCCCCCCC(C)C)OC(=O)CCCCCCCCCCCCCCCC(C)C. The lowest BCUT2D eigenvalue weighted by molar-refractivity contribution is -0.161. The molecule has 0 saturated carbocycles. The molecule has 0 amide bonds. The number of esters is 4. The number of aliphatic hydroxyl groups is 1. The van der Waals surface area contributed by atoms with Gasteiger partial charge in [-0.25, -0.2) is 9.13 Å². The van der Waals surface area contributed by atoms with E-state index in [4.69, 9.17) is 37.0 Å². The molecule has 0 aliphatic heterocycles. The molecule has 91 heavy (non-hydrogen) atoms. The number of aliphatic hydroxyl groups excluding tert-OH is 1. The van der Waals surface area contributed by atoms with Crippen molar-refractivity contribution in [3.05, 3.63) is 24.3 Å². The molecule has 536 valence electrons. The van der Waals surface area contributed by atoms with Gasteiger partial charge in [-0.3, -0.25) is 37.3 Å². The van der Waals surface area contributed by atoms with Crippen LogP contribution in [0.15, 0.2) is 24.3 Å². The summed E-state index contributed by atoms with van der Waals surface area (Å²) in [6.45, 7) is 9.44. The average molecular weight is 1340 g/mol. The molecule has 0 aromatic rings. The van der Waals surface area contributed by atoms with Gasteiger partial charge in [-0.05, 0) is 63.2 Å². The van der Waals surface area contributed by atoms with Crippen molar-refractivity contribution in [2.75, 3.05) is 39.6 Å². The van der Waals surface area contributed by atoms with Crippen LogP contribution < -0.4 is 0 Å². The first-order valence-electron chi connectivity index (χ1n) is 36.8. The van der Waals surface area contributed by atoms with Gasteiger partial charge in [0.15, 0.2) is 12.2 Å². The highest BCUT2D eigenvalue weighted by molar-refractivity contribution is 7.47. The largest absolute Gasteiger partial charge is 0.472 e. The van der Waals surface area contributed by atoms with Gasteiger partial charge in [-0.1, -0.05) is 291 Å². The fraction of sp³-hybridized carbons (Fsp3) is 0.889. The maximum Gasteiger partial charge on any atom is 0.472 e. The van der Waals surface area contributed by atoms with Gasteiger partial charge in [0.2, 0.25) is 0 Å². The zero-order chi connectivity index (χ0) is 67.2. The Morgan fingerprint density at radius 1 is 0.341 bits per heavy atom. The van der Waals surface area contributed by atoms with E-state index in [0.717, 1.165) is 115 Å². The summed E-state index contributed by atoms with van der Waals surface area (Å²) in [6.07, 6.45) is 52.2. The van der Waals surface area contributed by atoms with Crippen LogP contribution in [-0.2, 0) is 65.4 Å². The van der Waals surface area contributed by atoms with Gasteiger partial charge in [0.1, 0.15) is 19.3 Å². The van der Waals surface area contributed by atoms with Gasteiger partial charge in [-0.15, -0.1) is 0 Å². The number of allylic oxidation sites excluding steroid dienone is 4. The Kier molecular flexibility index (Phi) is 61.9. The van der Waals surface area contributed by atoms with Crippen LogP contribution >= 0.6 is 15.6 Å². The fourth-order valence-corrected chi connectivity index (χ4v) is 12.0. The summed E-state index contributed by atoms with van der Waals surface area (Å²) in [5.74, 6) is -0.676. The maximum absolute atomic E-state index is 13.0. The third-order valence-electron chi connectivity index (χ3n) is 16.1. The van der Waals surface area contributed by atoms with E-state index in [9.17, 15) is 43.2 Å². The molecular formula is C72H136O17P2. The molecule has 0 aliphatic carbocycles. The Morgan fingerprint density at radius 3 is 0.901 bits per heavy atom. The van der Waals surface area contributed by atoms with E-state index in [1.165, 1.54) is 141 Å². The second-order valence-corrected chi connectivity index (χ2v) is 29.2. The molecule has 0 radical (unpaired) electrons. The van der Waals surface area contributed by atoms with Crippen LogP contribution in [0.25, 0.3) is 0 Å². The highest BCUT2D eigenvalue weighted by Gasteiger charge is 2.30. The first-order chi connectivity index (χ1) is 43.9. The molecule has 0 aromatic carbocycles. The molecule has 2 unspecified atom stereocenters. The molecule has 0 spiro atoms. The zero-order valence-electron chi connectivity index (χ0n) is 58.6. The Hall–Kier alpha value is -2.46. The highest BCUT2D eigenvalue weighted by Crippen LogP contribution is 2.45. The van der Waals surface area contributed by atoms with Crippen molar-refractivity contribution in [1.82, 2.24) is 0 Å². The Balaban J connectivity index is 5.27. The molecule has 0 heterocycles. The van der Waals surface area contributed by atoms with Gasteiger partial charge in [0.25, 0.3) is 0 Å². The first-order valence-corrected chi connectivity index (χ1v) is 39.8. The lowest BCUT2D eigenvalue weighted by atomic mass is 10.0. The molecule has 5 atom stereocenters. The quantitative estimate of drug-likeness (QED) is 0.0169. The van der Waals surface area contributed by atoms with E-state index in [2.05, 4.69) is 65.8 Å². The molecule has 0 saturated heterocycles. The number of phosphoric ester groups is 2. The molecule has 0 aliphatic rings. The van der Waals surface area contributed by atoms with Crippen LogP contribution in [0.4, 0.5) is 0 Å². The van der Waals surface area contributed by atoms with Gasteiger partial charge < -0.3 is 33.8 Å². The Labute approximate surface area is 554 Å². The molecule has 0 aromatic heterocycles. The van der Waals surface area contributed by atoms with E-state index >= 15 is 0 Å². The lowest BCUT2D eigenvalue weighted by Gasteiger charge is -2.21. The van der Waals surface area contributed by atoms with Gasteiger partial charge >= 0.3 is 39.5 Å². The molecule has 3 N–H and O–H groups in total. The van der Waals surface area contributed by atoms with Gasteiger partial charge in [0.05, 0.1) is 26.4 Å². The minimum absolute atomic E-state index is 0.100. The Morgan fingerprint density at radius 2 is 0.593 bits per heavy atom. The average Bonchev–Trinajstić information content (AvgIpc) is 3.72. The second kappa shape index (κ2) is 63.6. The van der Waals surface area contributed by atoms with E-state index in [1.54, 1.807) is 0 Å². The topological polar surface area (TPSA) is 237 Å². The van der Waals surface area contributed by atoms with Crippen molar-refractivity contribution in [2.24, 2.45) is 11.8 Å². The normalized spacial score (nSPS) is 14.3. The summed E-state index contributed by atoms with van der Waals surface area (Å²) >= 11 is 0. The zero-order valence-corrected chi connectivity index (χ0v) is 60.4. The summed E-state index contributed by atoms with van der Waals surface area (Å²) in [5, 5.41) is 10.6. The van der Waals surface area contributed by atoms with Crippen molar-refractivity contribution in [3.8, 4) is 0 Å². The summed E-state index contributed by atoms with van der Waals surface area (Å²) in [6, 6.07) is 0. The van der Waals surface area contributed by atoms with Crippen LogP contribution in [-0.4, -0.2) is 96.7 Å². The van der Waals surface area contributed by atoms with Gasteiger partial charge in [-0.2, -0.15) is 0 Å². The van der Waals surface area contributed by atoms with Crippen LogP contribution in [0.3, 0.4) is 0 Å². The maximum atomic E-state index is 13.0. The van der Waals surface area contributed by atoms with Crippen molar-refractivity contribution >= 4 is 39.5 Å². The summed E-state index contributed by atoms with van der Waals surface area (Å²) in [7, 11) is -9.91. The van der Waals surface area contributed by atoms with Crippen LogP contribution in [0.5, 0.6) is 0 Å². The molecule has 0 fully saturated rings. The molecule has 19 heteroatoms. The molecule has 17 nitrogen and oxygen atoms in total. The van der Waals surface area contributed by atoms with E-state index in [1.807, 2.05) is 0 Å². The summed E-state index contributed by atoms with van der Waals surface area (Å²) < 4.78 is 68.3. The minimum atomic E-state index is -4.96. The predicted octanol–water partition coefficient (Wildman–Crippen LogP) is 20.3. The highest BCUT2D eigenvalue weighted by atomic mass is 31.2. The second-order valence-electron chi connectivity index (χ2n) is 26.2. The van der Waals surface area contributed by atoms with Crippen molar-refractivity contribution in [1.29, 1.82) is 0 Å². The third kappa shape index (κ3) is 66.0. The standard InChI is InChI=1S/C72H136O17P2/c1-7-9-11-13-15-17-19-20-21-24-27-31-37-43-49-55-70(75)83-60-67(88-71(76)56-50-44-38-32-28-25-22-23-26-29-34-40-46-52-64(3)4)62-86-90(78,79)84-58-66(73)59-85-91(80,81)87-63-68(89-72(77)57-51-45-39-33-35-41-47-53-65(5)6)61-82-69(74)54-48-42-36-30-18-16-14-12-10-8-2/h17,19-21,64-68,73H,7-16,18,22-63H2,1-6H3,(H,78,79)(H,80,81)/b19-17-,21-20-/t66-,67-,68-/m1/s1. The molecular weight excluding hydrogens is 1200 g/mol. The monoisotopic (exact) mass is 1330 g/mol. The third-order valence-corrected chi connectivity index (χ3v) is 18.0. The minimum Gasteiger partial charge on any atom is -0.462 e. The number of phosphoric acid groups is 2. The van der Waals surface area contributed by atoms with Crippen LogP contribution in [0, 0.1) is 11.8 Å². The van der Waals surface area contributed by atoms with Crippen molar-refractivity contribution in [3.63, 3.8) is 0 Å². The number of hydrogen-bond acceptors (Lipinski definition) is 15. The predicted molar refractivity (Wildman–Crippen MR) is 367 cm³/mol. The van der Waals surface area contributed by atoms with Crippen LogP contribution in [0.1, 0.15) is 343 Å². The summed E-state index contributed by atoms with van der Waals surface area (Å²) in [5.41, 5.74) is 0. The lowest BCUT2D eigenvalue weighted by Crippen LogP contribution is -2.30. The van der Waals surface area contributed by atoms with E-state index < -0.39 is 97.5 Å². The van der Waals surface area contributed by atoms with Gasteiger partial charge in [0, 0.05) is 25.7 Å². The number of carbonyl (C=O) groups excluding carboxylic acids is 4. The van der Waals surface area contributed by atoms with E-state index in [-0.39, 0.29) is 25.7 Å². The smallest absolute Gasteiger partial charge is 0.462 e. The molecule has 0 bridgehead atoms. The number of unbranched alkanes of at least 4 members (excludes halogenated alkanes) is 36. The Bertz CT molecular complexity index is 1860. The van der Waals surface area contributed by atoms with Crippen LogP contribution in [0.2, 0.25) is 0 Å². The number of rotatable bonds is 69. The first kappa shape index (κ1) is 88.5. The number of hydrogen-bond donors (Lipinski definition) is 3. The number of carbonyl (C=O) groups is 4. The van der Waals surface area contributed by atoms with Crippen molar-refractivity contribution < 1.29 is 80.2 Å². The summed E-state index contributed by atoms with van der Waals surface area (Å²) in [4.78, 5) is 72.5. The molecule has 0 rings (SSSR count). The number of ether oxygens (including phenoxy) is 4. The van der Waals surface area contributed by atoms with Crippen molar-refractivity contribution in [2.45, 2.75) is 362 Å². The van der Waals surface area contributed by atoms with E-state index in [0.29, 0.717) is 31.6 Å². The fourth-order valence-electron chi connectivity index (χ4n) is 10.4.